The van der Waals surface area contributed by atoms with Gasteiger partial charge in [0, 0.05) is 23.0 Å². The van der Waals surface area contributed by atoms with Crippen molar-refractivity contribution < 1.29 is 14.7 Å². The molecule has 6 heteroatoms. The van der Waals surface area contributed by atoms with E-state index in [1.54, 1.807) is 18.2 Å². The van der Waals surface area contributed by atoms with Gasteiger partial charge in [-0.05, 0) is 30.5 Å². The molecule has 1 aromatic carbocycles. The predicted molar refractivity (Wildman–Crippen MR) is 81.5 cm³/mol. The summed E-state index contributed by atoms with van der Waals surface area (Å²) in [5, 5.41) is 13.1. The second-order valence-electron chi connectivity index (χ2n) is 5.48. The van der Waals surface area contributed by atoms with E-state index in [-0.39, 0.29) is 18.9 Å². The Morgan fingerprint density at radius 3 is 2.48 bits per heavy atom. The largest absolute Gasteiger partial charge is 0.481 e. The van der Waals surface area contributed by atoms with Crippen LogP contribution in [0.5, 0.6) is 0 Å². The normalized spacial score (nSPS) is 16.7. The topological polar surface area (TPSA) is 66.4 Å². The molecule has 0 unspecified atom stereocenters. The van der Waals surface area contributed by atoms with Crippen molar-refractivity contribution in [2.45, 2.75) is 38.6 Å². The van der Waals surface area contributed by atoms with Crippen LogP contribution in [0.25, 0.3) is 0 Å². The molecule has 0 radical (unpaired) electrons. The van der Waals surface area contributed by atoms with Crippen LogP contribution in [0.3, 0.4) is 0 Å². The van der Waals surface area contributed by atoms with Crippen LogP contribution < -0.4 is 5.32 Å². The number of aliphatic carboxylic acids is 1. The SMILES string of the molecule is O=C(CC1(C(=O)O)CCCC1)NCc1ccc(Cl)cc1Cl. The lowest BCUT2D eigenvalue weighted by Crippen LogP contribution is -2.35. The molecule has 0 bridgehead atoms. The third-order valence-corrected chi connectivity index (χ3v) is 4.59. The number of carbonyl (C=O) groups excluding carboxylic acids is 1. The van der Waals surface area contributed by atoms with E-state index in [0.717, 1.165) is 18.4 Å². The molecule has 2 N–H and O–H groups in total. The number of nitrogens with one attached hydrogen (secondary N) is 1. The Bertz CT molecular complexity index is 554. The summed E-state index contributed by atoms with van der Waals surface area (Å²) in [6.45, 7) is 0.268. The number of rotatable bonds is 5. The minimum atomic E-state index is -0.895. The number of carboxylic acids is 1. The van der Waals surface area contributed by atoms with Gasteiger partial charge in [0.15, 0.2) is 0 Å². The molecule has 0 aliphatic heterocycles. The van der Waals surface area contributed by atoms with Gasteiger partial charge in [0.05, 0.1) is 5.41 Å². The molecule has 21 heavy (non-hydrogen) atoms. The van der Waals surface area contributed by atoms with Crippen molar-refractivity contribution in [3.8, 4) is 0 Å². The van der Waals surface area contributed by atoms with Crippen molar-refractivity contribution >= 4 is 35.1 Å². The van der Waals surface area contributed by atoms with Crippen molar-refractivity contribution in [2.24, 2.45) is 5.41 Å². The van der Waals surface area contributed by atoms with Crippen LogP contribution in [0.15, 0.2) is 18.2 Å². The molecule has 0 saturated heterocycles. The number of hydrogen-bond donors (Lipinski definition) is 2. The summed E-state index contributed by atoms with van der Waals surface area (Å²) < 4.78 is 0. The lowest BCUT2D eigenvalue weighted by Gasteiger charge is -2.22. The first-order valence-corrected chi connectivity index (χ1v) is 7.63. The third kappa shape index (κ3) is 3.89. The first-order chi connectivity index (χ1) is 9.93. The Hall–Kier alpha value is -1.26. The van der Waals surface area contributed by atoms with Gasteiger partial charge in [0.2, 0.25) is 5.91 Å². The summed E-state index contributed by atoms with van der Waals surface area (Å²) in [6, 6.07) is 5.05. The minimum Gasteiger partial charge on any atom is -0.481 e. The minimum absolute atomic E-state index is 0.0214. The maximum atomic E-state index is 12.0. The quantitative estimate of drug-likeness (QED) is 0.866. The van der Waals surface area contributed by atoms with E-state index in [9.17, 15) is 14.7 Å². The molecular weight excluding hydrogens is 313 g/mol. The van der Waals surface area contributed by atoms with Gasteiger partial charge < -0.3 is 10.4 Å². The van der Waals surface area contributed by atoms with Gasteiger partial charge in [-0.3, -0.25) is 9.59 Å². The van der Waals surface area contributed by atoms with Gasteiger partial charge in [-0.2, -0.15) is 0 Å². The van der Waals surface area contributed by atoms with Gasteiger partial charge in [-0.1, -0.05) is 42.1 Å². The smallest absolute Gasteiger partial charge is 0.310 e. The Morgan fingerprint density at radius 1 is 1.24 bits per heavy atom. The Morgan fingerprint density at radius 2 is 1.90 bits per heavy atom. The lowest BCUT2D eigenvalue weighted by molar-refractivity contribution is -0.151. The zero-order chi connectivity index (χ0) is 15.5. The fourth-order valence-electron chi connectivity index (χ4n) is 2.75. The predicted octanol–water partition coefficient (Wildman–Crippen LogP) is 3.64. The zero-order valence-electron chi connectivity index (χ0n) is 11.5. The Kier molecular flexibility index (Phi) is 5.12. The van der Waals surface area contributed by atoms with Crippen LogP contribution in [0.1, 0.15) is 37.7 Å². The molecular formula is C15H17Cl2NO3. The summed E-state index contributed by atoms with van der Waals surface area (Å²) in [6.07, 6.45) is 2.88. The van der Waals surface area contributed by atoms with Gasteiger partial charge in [0.25, 0.3) is 0 Å². The molecule has 1 aliphatic rings. The van der Waals surface area contributed by atoms with Crippen LogP contribution in [-0.2, 0) is 16.1 Å². The maximum absolute atomic E-state index is 12.0. The fourth-order valence-corrected chi connectivity index (χ4v) is 3.22. The third-order valence-electron chi connectivity index (χ3n) is 4.00. The number of hydrogen-bond acceptors (Lipinski definition) is 2. The summed E-state index contributed by atoms with van der Waals surface area (Å²) in [7, 11) is 0. The van der Waals surface area contributed by atoms with E-state index in [4.69, 9.17) is 23.2 Å². The van der Waals surface area contributed by atoms with Crippen molar-refractivity contribution in [3.63, 3.8) is 0 Å². The molecule has 0 atom stereocenters. The molecule has 0 aromatic heterocycles. The van der Waals surface area contributed by atoms with Crippen LogP contribution in [0.2, 0.25) is 10.0 Å². The number of benzene rings is 1. The monoisotopic (exact) mass is 329 g/mol. The van der Waals surface area contributed by atoms with Crippen LogP contribution in [0.4, 0.5) is 0 Å². The molecule has 1 fully saturated rings. The molecule has 0 spiro atoms. The summed E-state index contributed by atoms with van der Waals surface area (Å²) in [5.74, 6) is -1.13. The van der Waals surface area contributed by atoms with E-state index in [0.29, 0.717) is 22.9 Å². The highest BCUT2D eigenvalue weighted by atomic mass is 35.5. The van der Waals surface area contributed by atoms with Crippen molar-refractivity contribution in [1.29, 1.82) is 0 Å². The number of carboxylic acid groups (broad SMARTS) is 1. The lowest BCUT2D eigenvalue weighted by atomic mass is 9.82. The van der Waals surface area contributed by atoms with Gasteiger partial charge >= 0.3 is 5.97 Å². The first-order valence-electron chi connectivity index (χ1n) is 6.87. The fraction of sp³-hybridized carbons (Fsp3) is 0.467. The standard InChI is InChI=1S/C15H17Cl2NO3/c16-11-4-3-10(12(17)7-11)9-18-13(19)8-15(14(20)21)5-1-2-6-15/h3-4,7H,1-2,5-6,8-9H2,(H,18,19)(H,20,21). The van der Waals surface area contributed by atoms with Crippen molar-refractivity contribution in [1.82, 2.24) is 5.32 Å². The van der Waals surface area contributed by atoms with Crippen LogP contribution in [-0.4, -0.2) is 17.0 Å². The van der Waals surface area contributed by atoms with Gasteiger partial charge in [-0.25, -0.2) is 0 Å². The van der Waals surface area contributed by atoms with Crippen molar-refractivity contribution in [2.75, 3.05) is 0 Å². The van der Waals surface area contributed by atoms with Crippen LogP contribution >= 0.6 is 23.2 Å². The highest BCUT2D eigenvalue weighted by molar-refractivity contribution is 6.35. The number of halogens is 2. The molecule has 2 rings (SSSR count). The van der Waals surface area contributed by atoms with Gasteiger partial charge in [0.1, 0.15) is 0 Å². The number of carbonyl (C=O) groups is 2. The first kappa shape index (κ1) is 16.1. The summed E-state index contributed by atoms with van der Waals surface area (Å²) in [4.78, 5) is 23.4. The highest BCUT2D eigenvalue weighted by Crippen LogP contribution is 2.41. The molecule has 1 aliphatic carbocycles. The summed E-state index contributed by atoms with van der Waals surface area (Å²) in [5.41, 5.74) is -0.140. The maximum Gasteiger partial charge on any atom is 0.310 e. The molecule has 1 aromatic rings. The van der Waals surface area contributed by atoms with Crippen molar-refractivity contribution in [3.05, 3.63) is 33.8 Å². The zero-order valence-corrected chi connectivity index (χ0v) is 13.0. The Balaban J connectivity index is 1.94. The average Bonchev–Trinajstić information content (AvgIpc) is 2.87. The molecule has 1 saturated carbocycles. The van der Waals surface area contributed by atoms with E-state index in [2.05, 4.69) is 5.32 Å². The molecule has 1 amide bonds. The van der Waals surface area contributed by atoms with E-state index < -0.39 is 11.4 Å². The Labute approximate surface area is 133 Å². The van der Waals surface area contributed by atoms with E-state index in [1.165, 1.54) is 0 Å². The number of amides is 1. The highest BCUT2D eigenvalue weighted by Gasteiger charge is 2.42. The van der Waals surface area contributed by atoms with Gasteiger partial charge in [-0.15, -0.1) is 0 Å². The second-order valence-corrected chi connectivity index (χ2v) is 6.33. The second kappa shape index (κ2) is 6.67. The molecule has 114 valence electrons. The van der Waals surface area contributed by atoms with E-state index in [1.807, 2.05) is 0 Å². The van der Waals surface area contributed by atoms with E-state index >= 15 is 0 Å². The van der Waals surface area contributed by atoms with Crippen LogP contribution in [0, 0.1) is 5.41 Å². The average molecular weight is 330 g/mol. The molecule has 0 heterocycles. The molecule has 4 nitrogen and oxygen atoms in total. The summed E-state index contributed by atoms with van der Waals surface area (Å²) >= 11 is 11.8.